The van der Waals surface area contributed by atoms with E-state index < -0.39 is 0 Å². The molecule has 2 unspecified atom stereocenters. The third-order valence-corrected chi connectivity index (χ3v) is 6.85. The standard InChI is InChI=1S/C29H40O4/c1-7-22-12-20(13-23(8-2)26(22)30-16-28(5)18-32-28)11-21-14-24(9-3)27(25(10-4)15-21)31-17-29(6)19-33-29/h12-15H,7-11,16-19H2,1-6H3. The normalized spacial score (nSPS) is 23.5. The minimum Gasteiger partial charge on any atom is -0.490 e. The van der Waals surface area contributed by atoms with Crippen LogP contribution < -0.4 is 9.47 Å². The maximum absolute atomic E-state index is 6.28. The van der Waals surface area contributed by atoms with Crippen molar-refractivity contribution in [3.05, 3.63) is 57.6 Å². The van der Waals surface area contributed by atoms with Crippen molar-refractivity contribution in [1.29, 1.82) is 0 Å². The van der Waals surface area contributed by atoms with Crippen LogP contribution in [0.5, 0.6) is 11.5 Å². The number of rotatable bonds is 12. The lowest BCUT2D eigenvalue weighted by Crippen LogP contribution is -2.18. The number of epoxide rings is 2. The summed E-state index contributed by atoms with van der Waals surface area (Å²) >= 11 is 0. The van der Waals surface area contributed by atoms with Gasteiger partial charge in [-0.15, -0.1) is 0 Å². The van der Waals surface area contributed by atoms with Gasteiger partial charge < -0.3 is 18.9 Å². The fourth-order valence-electron chi connectivity index (χ4n) is 4.38. The molecule has 4 heteroatoms. The zero-order chi connectivity index (χ0) is 23.6. The smallest absolute Gasteiger partial charge is 0.125 e. The van der Waals surface area contributed by atoms with Crippen molar-refractivity contribution in [3.8, 4) is 11.5 Å². The average molecular weight is 453 g/mol. The molecule has 2 saturated heterocycles. The molecule has 0 saturated carbocycles. The van der Waals surface area contributed by atoms with Crippen LogP contribution in [0.4, 0.5) is 0 Å². The van der Waals surface area contributed by atoms with Gasteiger partial charge in [0.1, 0.15) is 35.9 Å². The number of benzene rings is 2. The summed E-state index contributed by atoms with van der Waals surface area (Å²) in [5, 5.41) is 0. The second kappa shape index (κ2) is 9.68. The summed E-state index contributed by atoms with van der Waals surface area (Å²) in [4.78, 5) is 0. The molecule has 2 fully saturated rings. The van der Waals surface area contributed by atoms with Crippen LogP contribution in [0, 0.1) is 0 Å². The summed E-state index contributed by atoms with van der Waals surface area (Å²) in [6.45, 7) is 15.9. The summed E-state index contributed by atoms with van der Waals surface area (Å²) in [6, 6.07) is 9.32. The molecule has 2 aromatic rings. The van der Waals surface area contributed by atoms with Crippen LogP contribution in [0.15, 0.2) is 24.3 Å². The van der Waals surface area contributed by atoms with Crippen LogP contribution in [-0.2, 0) is 41.6 Å². The van der Waals surface area contributed by atoms with Gasteiger partial charge in [-0.05, 0) is 79.3 Å². The Labute approximate surface area is 199 Å². The molecule has 0 radical (unpaired) electrons. The van der Waals surface area contributed by atoms with E-state index in [-0.39, 0.29) is 11.2 Å². The average Bonchev–Trinajstić information content (AvgIpc) is 3.74. The van der Waals surface area contributed by atoms with E-state index in [0.29, 0.717) is 13.2 Å². The molecule has 0 spiro atoms. The molecule has 2 aliphatic heterocycles. The number of ether oxygens (including phenoxy) is 4. The van der Waals surface area contributed by atoms with Gasteiger partial charge in [0.05, 0.1) is 13.2 Å². The van der Waals surface area contributed by atoms with E-state index in [1.165, 1.54) is 33.4 Å². The van der Waals surface area contributed by atoms with Crippen molar-refractivity contribution in [2.45, 2.75) is 84.8 Å². The number of aryl methyl sites for hydroxylation is 4. The summed E-state index contributed by atoms with van der Waals surface area (Å²) in [5.74, 6) is 2.12. The minimum absolute atomic E-state index is 0.103. The molecule has 33 heavy (non-hydrogen) atoms. The molecule has 0 aliphatic carbocycles. The van der Waals surface area contributed by atoms with E-state index in [1.807, 2.05) is 0 Å². The molecule has 2 aromatic carbocycles. The van der Waals surface area contributed by atoms with Gasteiger partial charge >= 0.3 is 0 Å². The Morgan fingerprint density at radius 3 is 1.18 bits per heavy atom. The maximum Gasteiger partial charge on any atom is 0.125 e. The van der Waals surface area contributed by atoms with Crippen molar-refractivity contribution in [3.63, 3.8) is 0 Å². The van der Waals surface area contributed by atoms with Crippen molar-refractivity contribution in [1.82, 2.24) is 0 Å². The highest BCUT2D eigenvalue weighted by Crippen LogP contribution is 2.35. The van der Waals surface area contributed by atoms with E-state index in [1.54, 1.807) is 0 Å². The van der Waals surface area contributed by atoms with E-state index >= 15 is 0 Å². The predicted molar refractivity (Wildman–Crippen MR) is 133 cm³/mol. The number of hydrogen-bond donors (Lipinski definition) is 0. The predicted octanol–water partition coefficient (Wildman–Crippen LogP) is 5.86. The van der Waals surface area contributed by atoms with E-state index in [4.69, 9.17) is 18.9 Å². The molecular weight excluding hydrogens is 412 g/mol. The summed E-state index contributed by atoms with van der Waals surface area (Å²) in [5.41, 5.74) is 7.65. The van der Waals surface area contributed by atoms with E-state index in [2.05, 4.69) is 65.8 Å². The van der Waals surface area contributed by atoms with Crippen molar-refractivity contribution >= 4 is 0 Å². The second-order valence-corrected chi connectivity index (χ2v) is 10.1. The van der Waals surface area contributed by atoms with Crippen LogP contribution >= 0.6 is 0 Å². The Morgan fingerprint density at radius 2 is 0.939 bits per heavy atom. The van der Waals surface area contributed by atoms with Gasteiger partial charge in [0.2, 0.25) is 0 Å². The van der Waals surface area contributed by atoms with Gasteiger partial charge in [-0.3, -0.25) is 0 Å². The lowest BCUT2D eigenvalue weighted by atomic mass is 9.93. The summed E-state index contributed by atoms with van der Waals surface area (Å²) < 4.78 is 23.6. The maximum atomic E-state index is 6.28. The Bertz CT molecular complexity index is 856. The second-order valence-electron chi connectivity index (χ2n) is 10.1. The molecule has 0 bridgehead atoms. The Balaban J connectivity index is 1.58. The zero-order valence-corrected chi connectivity index (χ0v) is 21.3. The van der Waals surface area contributed by atoms with Crippen LogP contribution in [0.25, 0.3) is 0 Å². The largest absolute Gasteiger partial charge is 0.490 e. The highest BCUT2D eigenvalue weighted by atomic mass is 16.6. The quantitative estimate of drug-likeness (QED) is 0.378. The van der Waals surface area contributed by atoms with Gasteiger partial charge in [0.25, 0.3) is 0 Å². The van der Waals surface area contributed by atoms with Crippen molar-refractivity contribution in [2.75, 3.05) is 26.4 Å². The first-order valence-electron chi connectivity index (χ1n) is 12.6. The first kappa shape index (κ1) is 24.1. The van der Waals surface area contributed by atoms with Gasteiger partial charge in [-0.1, -0.05) is 52.0 Å². The molecule has 0 amide bonds. The Kier molecular flexibility index (Phi) is 7.07. The van der Waals surface area contributed by atoms with Gasteiger partial charge in [0.15, 0.2) is 0 Å². The lowest BCUT2D eigenvalue weighted by Gasteiger charge is -2.20. The molecule has 2 aliphatic rings. The van der Waals surface area contributed by atoms with Gasteiger partial charge in [0, 0.05) is 0 Å². The van der Waals surface area contributed by atoms with Crippen molar-refractivity contribution in [2.24, 2.45) is 0 Å². The monoisotopic (exact) mass is 452 g/mol. The Hall–Kier alpha value is -2.04. The van der Waals surface area contributed by atoms with E-state index in [9.17, 15) is 0 Å². The fourth-order valence-corrected chi connectivity index (χ4v) is 4.38. The topological polar surface area (TPSA) is 43.5 Å². The van der Waals surface area contributed by atoms with Crippen LogP contribution in [0.2, 0.25) is 0 Å². The van der Waals surface area contributed by atoms with Crippen molar-refractivity contribution < 1.29 is 18.9 Å². The van der Waals surface area contributed by atoms with Gasteiger partial charge in [-0.25, -0.2) is 0 Å². The molecule has 180 valence electrons. The third kappa shape index (κ3) is 5.73. The highest BCUT2D eigenvalue weighted by molar-refractivity contribution is 5.49. The summed E-state index contributed by atoms with van der Waals surface area (Å²) in [7, 11) is 0. The first-order chi connectivity index (χ1) is 15.8. The molecule has 2 heterocycles. The fraction of sp³-hybridized carbons (Fsp3) is 0.586. The molecular formula is C29H40O4. The Morgan fingerprint density at radius 1 is 0.636 bits per heavy atom. The zero-order valence-electron chi connectivity index (χ0n) is 21.3. The van der Waals surface area contributed by atoms with E-state index in [0.717, 1.165) is 56.8 Å². The van der Waals surface area contributed by atoms with Crippen LogP contribution in [0.3, 0.4) is 0 Å². The first-order valence-corrected chi connectivity index (χ1v) is 12.6. The SMILES string of the molecule is CCc1cc(Cc2cc(CC)c(OCC3(C)CO3)c(CC)c2)cc(CC)c1OCC1(C)CO1. The summed E-state index contributed by atoms with van der Waals surface area (Å²) in [6.07, 6.45) is 4.76. The molecule has 0 aromatic heterocycles. The highest BCUT2D eigenvalue weighted by Gasteiger charge is 2.41. The molecule has 2 atom stereocenters. The van der Waals surface area contributed by atoms with Crippen LogP contribution in [-0.4, -0.2) is 37.6 Å². The number of hydrogen-bond acceptors (Lipinski definition) is 4. The minimum atomic E-state index is -0.103. The molecule has 4 rings (SSSR count). The molecule has 4 nitrogen and oxygen atoms in total. The van der Waals surface area contributed by atoms with Crippen LogP contribution in [0.1, 0.15) is 74.9 Å². The van der Waals surface area contributed by atoms with Gasteiger partial charge in [-0.2, -0.15) is 0 Å². The molecule has 0 N–H and O–H groups in total. The lowest BCUT2D eigenvalue weighted by molar-refractivity contribution is 0.200. The third-order valence-electron chi connectivity index (χ3n) is 6.85.